The second-order valence-electron chi connectivity index (χ2n) is 5.60. The van der Waals surface area contributed by atoms with E-state index in [-0.39, 0.29) is 0 Å². The van der Waals surface area contributed by atoms with Gasteiger partial charge in [0.2, 0.25) is 0 Å². The summed E-state index contributed by atoms with van der Waals surface area (Å²) in [5.74, 6) is 0. The zero-order chi connectivity index (χ0) is 14.0. The van der Waals surface area contributed by atoms with E-state index in [1.54, 1.807) is 0 Å². The lowest BCUT2D eigenvalue weighted by Crippen LogP contribution is -2.27. The van der Waals surface area contributed by atoms with Gasteiger partial charge in [0.1, 0.15) is 5.60 Å². The second kappa shape index (κ2) is 5.51. The van der Waals surface area contributed by atoms with Crippen LogP contribution in [0.2, 0.25) is 0 Å². The molecular formula is C14H18BrNO3. The first-order valence-corrected chi connectivity index (χ1v) is 7.03. The van der Waals surface area contributed by atoms with Gasteiger partial charge in [-0.1, -0.05) is 6.07 Å². The van der Waals surface area contributed by atoms with Crippen molar-refractivity contribution in [2.45, 2.75) is 38.9 Å². The highest BCUT2D eigenvalue weighted by molar-refractivity contribution is 9.10. The van der Waals surface area contributed by atoms with Crippen molar-refractivity contribution in [3.05, 3.63) is 28.2 Å². The second-order valence-corrected chi connectivity index (χ2v) is 6.45. The zero-order valence-corrected chi connectivity index (χ0v) is 12.9. The average molecular weight is 328 g/mol. The largest absolute Gasteiger partial charge is 0.444 e. The molecule has 1 aromatic rings. The van der Waals surface area contributed by atoms with E-state index < -0.39 is 11.7 Å². The van der Waals surface area contributed by atoms with E-state index in [9.17, 15) is 4.79 Å². The van der Waals surface area contributed by atoms with Crippen LogP contribution >= 0.6 is 15.9 Å². The Labute approximate surface area is 121 Å². The van der Waals surface area contributed by atoms with Crippen LogP contribution in [0.15, 0.2) is 22.7 Å². The SMILES string of the molecule is CC(C)(C)OC(=O)Nc1cc(CC2CO2)ccc1Br. The van der Waals surface area contributed by atoms with Gasteiger partial charge in [-0.2, -0.15) is 0 Å². The number of hydrogen-bond donors (Lipinski definition) is 1. The summed E-state index contributed by atoms with van der Waals surface area (Å²) in [6, 6.07) is 5.88. The third-order valence-corrected chi connectivity index (χ3v) is 3.22. The molecule has 2 rings (SSSR count). The Morgan fingerprint density at radius 1 is 1.53 bits per heavy atom. The molecule has 1 atom stereocenters. The van der Waals surface area contributed by atoms with Gasteiger partial charge in [-0.3, -0.25) is 5.32 Å². The number of hydrogen-bond acceptors (Lipinski definition) is 3. The molecule has 1 unspecified atom stereocenters. The number of amides is 1. The quantitative estimate of drug-likeness (QED) is 0.860. The molecule has 19 heavy (non-hydrogen) atoms. The molecule has 0 aliphatic carbocycles. The summed E-state index contributed by atoms with van der Waals surface area (Å²) in [5, 5.41) is 2.75. The fraction of sp³-hybridized carbons (Fsp3) is 0.500. The number of nitrogens with one attached hydrogen (secondary N) is 1. The Morgan fingerprint density at radius 3 is 2.79 bits per heavy atom. The first kappa shape index (κ1) is 14.3. The molecule has 4 nitrogen and oxygen atoms in total. The fourth-order valence-electron chi connectivity index (χ4n) is 1.66. The molecule has 5 heteroatoms. The van der Waals surface area contributed by atoms with Crippen LogP contribution in [0.4, 0.5) is 10.5 Å². The van der Waals surface area contributed by atoms with E-state index in [4.69, 9.17) is 9.47 Å². The number of anilines is 1. The summed E-state index contributed by atoms with van der Waals surface area (Å²) >= 11 is 3.42. The lowest BCUT2D eigenvalue weighted by atomic mass is 10.1. The monoisotopic (exact) mass is 327 g/mol. The van der Waals surface area contributed by atoms with Crippen molar-refractivity contribution < 1.29 is 14.3 Å². The van der Waals surface area contributed by atoms with Gasteiger partial charge in [-0.25, -0.2) is 4.79 Å². The van der Waals surface area contributed by atoms with Crippen molar-refractivity contribution in [2.24, 2.45) is 0 Å². The number of epoxide rings is 1. The summed E-state index contributed by atoms with van der Waals surface area (Å²) in [5.41, 5.74) is 1.35. The van der Waals surface area contributed by atoms with E-state index in [0.29, 0.717) is 11.8 Å². The first-order chi connectivity index (χ1) is 8.83. The van der Waals surface area contributed by atoms with E-state index in [1.807, 2.05) is 39.0 Å². The van der Waals surface area contributed by atoms with Crippen molar-refractivity contribution >= 4 is 27.7 Å². The Kier molecular flexibility index (Phi) is 4.16. The van der Waals surface area contributed by atoms with Crippen LogP contribution in [0.5, 0.6) is 0 Å². The number of carbonyl (C=O) groups is 1. The van der Waals surface area contributed by atoms with Gasteiger partial charge < -0.3 is 9.47 Å². The Hall–Kier alpha value is -1.07. The number of benzene rings is 1. The smallest absolute Gasteiger partial charge is 0.412 e. The van der Waals surface area contributed by atoms with Crippen molar-refractivity contribution in [1.29, 1.82) is 0 Å². The van der Waals surface area contributed by atoms with Crippen molar-refractivity contribution in [3.8, 4) is 0 Å². The minimum atomic E-state index is -0.504. The zero-order valence-electron chi connectivity index (χ0n) is 11.3. The molecule has 1 amide bonds. The van der Waals surface area contributed by atoms with E-state index in [1.165, 1.54) is 0 Å². The van der Waals surface area contributed by atoms with Crippen molar-refractivity contribution in [1.82, 2.24) is 0 Å². The Morgan fingerprint density at radius 2 is 2.21 bits per heavy atom. The third kappa shape index (κ3) is 4.84. The Bertz CT molecular complexity index is 478. The molecule has 1 saturated heterocycles. The molecule has 1 aliphatic rings. The van der Waals surface area contributed by atoms with E-state index in [0.717, 1.165) is 23.1 Å². The summed E-state index contributed by atoms with van der Waals surface area (Å²) in [6.45, 7) is 6.33. The minimum absolute atomic E-state index is 0.329. The predicted molar refractivity (Wildman–Crippen MR) is 77.4 cm³/mol. The molecule has 0 bridgehead atoms. The number of ether oxygens (including phenoxy) is 2. The highest BCUT2D eigenvalue weighted by Crippen LogP contribution is 2.26. The highest BCUT2D eigenvalue weighted by Gasteiger charge is 2.23. The number of halogens is 1. The Balaban J connectivity index is 2.03. The molecular weight excluding hydrogens is 310 g/mol. The van der Waals surface area contributed by atoms with Crippen LogP contribution < -0.4 is 5.32 Å². The lowest BCUT2D eigenvalue weighted by Gasteiger charge is -2.20. The maximum atomic E-state index is 11.7. The van der Waals surface area contributed by atoms with Crippen LogP contribution in [0, 0.1) is 0 Å². The maximum Gasteiger partial charge on any atom is 0.412 e. The summed E-state index contributed by atoms with van der Waals surface area (Å²) < 4.78 is 11.3. The summed E-state index contributed by atoms with van der Waals surface area (Å²) in [4.78, 5) is 11.7. The average Bonchev–Trinajstić information content (AvgIpc) is 3.04. The number of rotatable bonds is 3. The van der Waals surface area contributed by atoms with Crippen molar-refractivity contribution in [2.75, 3.05) is 11.9 Å². The van der Waals surface area contributed by atoms with E-state index in [2.05, 4.69) is 21.2 Å². The minimum Gasteiger partial charge on any atom is -0.444 e. The molecule has 0 radical (unpaired) electrons. The van der Waals surface area contributed by atoms with Crippen LogP contribution in [0.3, 0.4) is 0 Å². The highest BCUT2D eigenvalue weighted by atomic mass is 79.9. The van der Waals surface area contributed by atoms with Crippen LogP contribution in [0.1, 0.15) is 26.3 Å². The predicted octanol–water partition coefficient (Wildman–Crippen LogP) is 3.74. The van der Waals surface area contributed by atoms with Gasteiger partial charge in [0.05, 0.1) is 18.4 Å². The molecule has 1 N–H and O–H groups in total. The van der Waals surface area contributed by atoms with Gasteiger partial charge in [-0.15, -0.1) is 0 Å². The van der Waals surface area contributed by atoms with Gasteiger partial charge in [0, 0.05) is 10.9 Å². The summed E-state index contributed by atoms with van der Waals surface area (Å²) in [7, 11) is 0. The fourth-order valence-corrected chi connectivity index (χ4v) is 2.00. The van der Waals surface area contributed by atoms with Crippen LogP contribution in [0.25, 0.3) is 0 Å². The van der Waals surface area contributed by atoms with Gasteiger partial charge in [-0.05, 0) is 54.4 Å². The molecule has 1 aliphatic heterocycles. The molecule has 0 aromatic heterocycles. The number of carbonyl (C=O) groups excluding carboxylic acids is 1. The molecule has 0 spiro atoms. The van der Waals surface area contributed by atoms with Gasteiger partial charge in [0.25, 0.3) is 0 Å². The van der Waals surface area contributed by atoms with Gasteiger partial charge >= 0.3 is 6.09 Å². The topological polar surface area (TPSA) is 50.9 Å². The third-order valence-electron chi connectivity index (χ3n) is 2.53. The first-order valence-electron chi connectivity index (χ1n) is 6.23. The normalized spacial score (nSPS) is 18.0. The molecule has 1 aromatic carbocycles. The van der Waals surface area contributed by atoms with Crippen molar-refractivity contribution in [3.63, 3.8) is 0 Å². The molecule has 0 saturated carbocycles. The maximum absolute atomic E-state index is 11.7. The van der Waals surface area contributed by atoms with Gasteiger partial charge in [0.15, 0.2) is 0 Å². The summed E-state index contributed by atoms with van der Waals surface area (Å²) in [6.07, 6.45) is 0.750. The molecule has 1 fully saturated rings. The molecule has 1 heterocycles. The van der Waals surface area contributed by atoms with E-state index >= 15 is 0 Å². The standard InChI is InChI=1S/C14H18BrNO3/c1-14(2,3)19-13(17)16-12-7-9(4-5-11(12)15)6-10-8-18-10/h4-5,7,10H,6,8H2,1-3H3,(H,16,17). The van der Waals surface area contributed by atoms with Crippen LogP contribution in [-0.2, 0) is 15.9 Å². The lowest BCUT2D eigenvalue weighted by molar-refractivity contribution is 0.0636. The molecule has 104 valence electrons. The van der Waals surface area contributed by atoms with Crippen LogP contribution in [-0.4, -0.2) is 24.4 Å².